The van der Waals surface area contributed by atoms with Gasteiger partial charge in [-0.2, -0.15) is 0 Å². The predicted molar refractivity (Wildman–Crippen MR) is 97.7 cm³/mol. The summed E-state index contributed by atoms with van der Waals surface area (Å²) < 4.78 is 11.7. The number of rotatable bonds is 1. The highest BCUT2D eigenvalue weighted by atomic mass is 16.5. The van der Waals surface area contributed by atoms with Crippen molar-refractivity contribution in [3.8, 4) is 0 Å². The van der Waals surface area contributed by atoms with Crippen molar-refractivity contribution in [1.82, 2.24) is 0 Å². The largest absolute Gasteiger partial charge is 0.493 e. The van der Waals surface area contributed by atoms with E-state index in [1.54, 1.807) is 13.2 Å². The number of ether oxygens (including phenoxy) is 2. The van der Waals surface area contributed by atoms with Crippen molar-refractivity contribution in [2.45, 2.75) is 65.4 Å². The number of hydrogen-bond donors (Lipinski definition) is 0. The number of ketones is 1. The van der Waals surface area contributed by atoms with Gasteiger partial charge in [0.25, 0.3) is 0 Å². The Labute approximate surface area is 151 Å². The highest BCUT2D eigenvalue weighted by Gasteiger charge is 2.60. The molecule has 4 atom stereocenters. The summed E-state index contributed by atoms with van der Waals surface area (Å²) in [6.07, 6.45) is 12.0. The Morgan fingerprint density at radius 2 is 1.88 bits per heavy atom. The van der Waals surface area contributed by atoms with Gasteiger partial charge in [-0.3, -0.25) is 4.79 Å². The van der Waals surface area contributed by atoms with Gasteiger partial charge in [0.15, 0.2) is 5.76 Å². The average molecular weight is 342 g/mol. The Bertz CT molecular complexity index is 711. The lowest BCUT2D eigenvalue weighted by atomic mass is 9.45. The van der Waals surface area contributed by atoms with Crippen LogP contribution in [0.2, 0.25) is 0 Å². The minimum atomic E-state index is -0.216. The van der Waals surface area contributed by atoms with Gasteiger partial charge in [-0.15, -0.1) is 0 Å². The first-order valence-corrected chi connectivity index (χ1v) is 9.63. The highest BCUT2D eigenvalue weighted by molar-refractivity contribution is 6.05. The van der Waals surface area contributed by atoms with Crippen LogP contribution in [0.3, 0.4) is 0 Å². The fourth-order valence-corrected chi connectivity index (χ4v) is 6.39. The molecule has 1 aliphatic heterocycles. The van der Waals surface area contributed by atoms with Crippen LogP contribution >= 0.6 is 0 Å². The third-order valence-electron chi connectivity index (χ3n) is 7.56. The minimum absolute atomic E-state index is 0.101. The monoisotopic (exact) mass is 342 g/mol. The van der Waals surface area contributed by atoms with Crippen LogP contribution in [0, 0.1) is 22.7 Å². The van der Waals surface area contributed by atoms with Crippen molar-refractivity contribution in [2.24, 2.45) is 22.7 Å². The molecule has 3 aliphatic carbocycles. The van der Waals surface area contributed by atoms with Crippen molar-refractivity contribution < 1.29 is 14.3 Å². The molecule has 136 valence electrons. The molecule has 0 saturated heterocycles. The third-order valence-corrected chi connectivity index (χ3v) is 7.56. The van der Waals surface area contributed by atoms with Crippen LogP contribution in [-0.2, 0) is 14.3 Å². The summed E-state index contributed by atoms with van der Waals surface area (Å²) in [7, 11) is 1.55. The molecule has 4 aliphatic rings. The van der Waals surface area contributed by atoms with Crippen LogP contribution < -0.4 is 0 Å². The van der Waals surface area contributed by atoms with E-state index < -0.39 is 0 Å². The van der Waals surface area contributed by atoms with E-state index in [2.05, 4.69) is 33.8 Å². The summed E-state index contributed by atoms with van der Waals surface area (Å²) in [5.74, 6) is 2.11. The fourth-order valence-electron chi connectivity index (χ4n) is 6.39. The molecule has 0 amide bonds. The predicted octanol–water partition coefficient (Wildman–Crippen LogP) is 4.94. The van der Waals surface area contributed by atoms with Gasteiger partial charge < -0.3 is 9.47 Å². The SMILES string of the molecule is COC1=CC2=C[C@@H]3[C@@]4(C)CCCC(C)(C)[C@@H]4CC[C@]3(C)OC2=CC1=O. The summed E-state index contributed by atoms with van der Waals surface area (Å²) in [6.45, 7) is 9.61. The number of carbonyl (C=O) groups excluding carboxylic acids is 1. The molecule has 0 spiro atoms. The third kappa shape index (κ3) is 2.34. The Morgan fingerprint density at radius 1 is 1.12 bits per heavy atom. The Hall–Kier alpha value is -1.51. The lowest BCUT2D eigenvalue weighted by Crippen LogP contribution is -2.58. The molecule has 0 bridgehead atoms. The summed E-state index contributed by atoms with van der Waals surface area (Å²) in [5.41, 5.74) is 1.44. The zero-order valence-corrected chi connectivity index (χ0v) is 16.1. The fraction of sp³-hybridized carbons (Fsp3) is 0.682. The lowest BCUT2D eigenvalue weighted by Gasteiger charge is -2.62. The molecule has 4 rings (SSSR count). The van der Waals surface area contributed by atoms with Crippen LogP contribution in [0.5, 0.6) is 0 Å². The van der Waals surface area contributed by atoms with Crippen molar-refractivity contribution in [2.75, 3.05) is 7.11 Å². The maximum Gasteiger partial charge on any atom is 0.224 e. The minimum Gasteiger partial charge on any atom is -0.493 e. The first kappa shape index (κ1) is 16.9. The second-order valence-corrected chi connectivity index (χ2v) is 9.54. The van der Waals surface area contributed by atoms with Crippen LogP contribution in [0.1, 0.15) is 59.8 Å². The molecule has 0 unspecified atom stereocenters. The quantitative estimate of drug-likeness (QED) is 0.677. The first-order chi connectivity index (χ1) is 11.7. The molecule has 3 heteroatoms. The summed E-state index contributed by atoms with van der Waals surface area (Å²) >= 11 is 0. The van der Waals surface area contributed by atoms with Gasteiger partial charge in [-0.1, -0.05) is 33.3 Å². The van der Waals surface area contributed by atoms with E-state index in [0.717, 1.165) is 17.8 Å². The van der Waals surface area contributed by atoms with E-state index in [4.69, 9.17) is 9.47 Å². The second kappa shape index (κ2) is 5.25. The van der Waals surface area contributed by atoms with Crippen molar-refractivity contribution in [3.05, 3.63) is 35.3 Å². The van der Waals surface area contributed by atoms with Gasteiger partial charge in [0.1, 0.15) is 11.4 Å². The smallest absolute Gasteiger partial charge is 0.224 e. The molecule has 1 heterocycles. The Balaban J connectivity index is 1.80. The van der Waals surface area contributed by atoms with Crippen LogP contribution in [-0.4, -0.2) is 18.5 Å². The van der Waals surface area contributed by atoms with E-state index in [-0.39, 0.29) is 16.8 Å². The zero-order valence-electron chi connectivity index (χ0n) is 16.1. The zero-order chi connectivity index (χ0) is 18.0. The number of carbonyl (C=O) groups is 1. The van der Waals surface area contributed by atoms with E-state index in [9.17, 15) is 4.79 Å². The normalized spacial score (nSPS) is 42.0. The molecule has 0 aromatic heterocycles. The van der Waals surface area contributed by atoms with Gasteiger partial charge in [0.05, 0.1) is 7.11 Å². The van der Waals surface area contributed by atoms with Crippen molar-refractivity contribution in [1.29, 1.82) is 0 Å². The van der Waals surface area contributed by atoms with E-state index in [0.29, 0.717) is 23.0 Å². The summed E-state index contributed by atoms with van der Waals surface area (Å²) in [5, 5.41) is 0. The lowest BCUT2D eigenvalue weighted by molar-refractivity contribution is -0.162. The number of fused-ring (bicyclic) bond motifs is 4. The average Bonchev–Trinajstić information content (AvgIpc) is 2.52. The van der Waals surface area contributed by atoms with Crippen LogP contribution in [0.25, 0.3) is 0 Å². The van der Waals surface area contributed by atoms with E-state index in [1.165, 1.54) is 25.7 Å². The maximum atomic E-state index is 12.1. The molecule has 2 fully saturated rings. The summed E-state index contributed by atoms with van der Waals surface area (Å²) in [6, 6.07) is 0. The molecule has 2 saturated carbocycles. The van der Waals surface area contributed by atoms with Crippen molar-refractivity contribution in [3.63, 3.8) is 0 Å². The van der Waals surface area contributed by atoms with Crippen LogP contribution in [0.15, 0.2) is 35.3 Å². The van der Waals surface area contributed by atoms with Crippen molar-refractivity contribution >= 4 is 5.78 Å². The van der Waals surface area contributed by atoms with Gasteiger partial charge in [-0.25, -0.2) is 0 Å². The second-order valence-electron chi connectivity index (χ2n) is 9.54. The van der Waals surface area contributed by atoms with E-state index in [1.807, 2.05) is 6.08 Å². The maximum absolute atomic E-state index is 12.1. The highest BCUT2D eigenvalue weighted by Crippen LogP contribution is 2.64. The number of hydrogen-bond acceptors (Lipinski definition) is 3. The van der Waals surface area contributed by atoms with Gasteiger partial charge in [0.2, 0.25) is 5.78 Å². The standard InChI is InChI=1S/C22H30O3/c1-20(2)8-6-9-21(3)18(20)7-10-22(4)19(21)12-14-11-17(24-5)15(23)13-16(14)25-22/h11-13,18-19H,6-10H2,1-5H3/t18-,19+,21-,22-/m0/s1. The number of methoxy groups -OCH3 is 1. The van der Waals surface area contributed by atoms with Gasteiger partial charge >= 0.3 is 0 Å². The summed E-state index contributed by atoms with van der Waals surface area (Å²) in [4.78, 5) is 12.1. The molecule has 0 aromatic rings. The Morgan fingerprint density at radius 3 is 2.60 bits per heavy atom. The van der Waals surface area contributed by atoms with E-state index >= 15 is 0 Å². The Kier molecular flexibility index (Phi) is 3.55. The van der Waals surface area contributed by atoms with Crippen LogP contribution in [0.4, 0.5) is 0 Å². The number of allylic oxidation sites excluding steroid dienone is 2. The van der Waals surface area contributed by atoms with Gasteiger partial charge in [-0.05, 0) is 55.4 Å². The molecule has 3 nitrogen and oxygen atoms in total. The molecule has 0 aromatic carbocycles. The van der Waals surface area contributed by atoms with Gasteiger partial charge in [0, 0.05) is 17.6 Å². The molecular weight excluding hydrogens is 312 g/mol. The molecule has 25 heavy (non-hydrogen) atoms. The molecular formula is C22H30O3. The first-order valence-electron chi connectivity index (χ1n) is 9.63. The molecule has 0 radical (unpaired) electrons. The topological polar surface area (TPSA) is 35.5 Å². The molecule has 0 N–H and O–H groups in total.